The summed E-state index contributed by atoms with van der Waals surface area (Å²) in [7, 11) is 3.72. The number of nitrogens with two attached hydrogens (primary N) is 3. The Morgan fingerprint density at radius 2 is 1.07 bits per heavy atom. The molecule has 15 atom stereocenters. The number of thioether (sulfide) groups is 1. The van der Waals surface area contributed by atoms with Crippen molar-refractivity contribution in [3.8, 4) is 5.75 Å². The monoisotopic (exact) mass is 1960 g/mol. The molecule has 2 aromatic heterocycles. The van der Waals surface area contributed by atoms with Crippen LogP contribution in [0.4, 0.5) is 0 Å². The maximum atomic E-state index is 16.1. The Kier molecular flexibility index (Phi) is 40.7. The molecule has 46 heteroatoms. The first-order chi connectivity index (χ1) is 66.2. The Morgan fingerprint density at radius 1 is 0.511 bits per heavy atom. The molecule has 3 saturated heterocycles. The van der Waals surface area contributed by atoms with Gasteiger partial charge in [-0.2, -0.15) is 0 Å². The summed E-state index contributed by atoms with van der Waals surface area (Å²) in [6.07, 6.45) is 1.93. The number of aliphatic hydroxyl groups is 1. The van der Waals surface area contributed by atoms with Crippen molar-refractivity contribution >= 4 is 152 Å². The number of phenols is 1. The van der Waals surface area contributed by atoms with Crippen LogP contribution in [0.3, 0.4) is 0 Å². The average molecular weight is 1960 g/mol. The number of Topliss-reactive ketones (excluding diaryl/α,β-unsaturated/α-hetero) is 1. The fourth-order valence-corrected chi connectivity index (χ4v) is 18.4. The molecule has 15 amide bonds. The molecule has 2 bridgehead atoms. The third-order valence-electron chi connectivity index (χ3n) is 25.2. The number of carboxylic acids is 4. The second-order valence-corrected chi connectivity index (χ2v) is 36.3. The molecule has 1 unspecified atom stereocenters. The van der Waals surface area contributed by atoms with Gasteiger partial charge in [0.25, 0.3) is 0 Å². The molecule has 6 heterocycles. The first kappa shape index (κ1) is 109. The Labute approximate surface area is 804 Å². The summed E-state index contributed by atoms with van der Waals surface area (Å²) in [4.78, 5) is 295. The van der Waals surface area contributed by atoms with Crippen LogP contribution in [0, 0.1) is 5.92 Å². The number of H-pyrrole nitrogens is 1. The lowest BCUT2D eigenvalue weighted by atomic mass is 9.90. The number of ketones is 1. The highest BCUT2D eigenvalue weighted by Gasteiger charge is 2.47. The number of nitrogens with one attached hydrogen (secondary N) is 10. The van der Waals surface area contributed by atoms with Gasteiger partial charge in [-0.25, -0.2) is 0 Å². The van der Waals surface area contributed by atoms with Crippen molar-refractivity contribution in [1.82, 2.24) is 81.9 Å². The molecule has 0 spiro atoms. The number of phenolic OH excluding ortho intramolecular Hbond substituents is 1. The number of aliphatic carboxylic acids is 4. The molecule has 9 rings (SSSR count). The first-order valence-electron chi connectivity index (χ1n) is 46.2. The molecule has 22 N–H and O–H groups in total. The van der Waals surface area contributed by atoms with Crippen LogP contribution in [0.2, 0.25) is 0 Å². The highest BCUT2D eigenvalue weighted by molar-refractivity contribution is 8.00. The van der Waals surface area contributed by atoms with Gasteiger partial charge in [0, 0.05) is 125 Å². The Morgan fingerprint density at radius 3 is 1.74 bits per heavy atom. The summed E-state index contributed by atoms with van der Waals surface area (Å²) in [5, 5.41) is 85.8. The zero-order chi connectivity index (χ0) is 102. The maximum absolute atomic E-state index is 16.1. The summed E-state index contributed by atoms with van der Waals surface area (Å²) >= 11 is 0.676. The lowest BCUT2D eigenvalue weighted by Gasteiger charge is -2.36. The number of aromatic amines is 1. The summed E-state index contributed by atoms with van der Waals surface area (Å²) < 4.78 is 1.41. The van der Waals surface area contributed by atoms with E-state index in [0.717, 1.165) is 31.5 Å². The maximum Gasteiger partial charge on any atom is 0.323 e. The molecular formula is C93H125N19O26S. The molecule has 0 aliphatic carbocycles. The number of hydrogen-bond donors (Lipinski definition) is 19. The van der Waals surface area contributed by atoms with Gasteiger partial charge >= 0.3 is 23.9 Å². The summed E-state index contributed by atoms with van der Waals surface area (Å²) in [6.45, 7) is -2.02. The van der Waals surface area contributed by atoms with E-state index in [-0.39, 0.29) is 76.6 Å². The average Bonchev–Trinajstić information content (AvgIpc) is 1.68. The third-order valence-corrected chi connectivity index (χ3v) is 26.2. The number of hydrogen-bond acceptors (Lipinski definition) is 25. The van der Waals surface area contributed by atoms with Crippen molar-refractivity contribution in [3.63, 3.8) is 0 Å². The number of aromatic nitrogens is 2. The molecule has 754 valence electrons. The molecule has 4 aliphatic heterocycles. The zero-order valence-corrected chi connectivity index (χ0v) is 78.6. The fourth-order valence-electron chi connectivity index (χ4n) is 17.5. The summed E-state index contributed by atoms with van der Waals surface area (Å²) in [5.74, 6) is -25.1. The molecule has 3 fully saturated rings. The number of likely N-dealkylation sites (N-methyl/N-ethyl adjacent to an activating group) is 3. The molecule has 45 nitrogen and oxygen atoms in total. The Balaban J connectivity index is 1.12. The molecule has 4 aliphatic rings. The minimum absolute atomic E-state index is 0.0880. The quantitative estimate of drug-likeness (QED) is 0.0327. The first-order valence-corrected chi connectivity index (χ1v) is 47.3. The SMILES string of the molecule is C[C@H]1C(=O)N[C@@H](CC(=O)O)C(=O)N2CCC[C@H]2C(=O)N[C@@H](CN)C(=O)N[C@@H](CCC(=O)O)C(=O)N2C[C@H](O)C[C@H]2C(=O)C[C@@H](Cc2c[nH]c3ccccc23)C(=O)N[C@@H](CCN)C(=O)N[C@@H](Cc2cn(CC(=O)O)c3ccccc23)C(=O)N(C)C2CCCCC/C=C\CCCC[C@@H](C(=O)N[C@@H](CCC(=O)O)C(=O)N[C@H](C(=O)NCC(N)=O)CSCC(=O)N[C@@H](Cc3ccc(O)cc3)C(=O)N1C)N(C)C2=O. The highest BCUT2D eigenvalue weighted by atomic mass is 32.2. The summed E-state index contributed by atoms with van der Waals surface area (Å²) in [5.41, 5.74) is 19.9. The van der Waals surface area contributed by atoms with Crippen molar-refractivity contribution in [3.05, 3.63) is 114 Å². The molecule has 3 aromatic carbocycles. The predicted octanol–water partition coefficient (Wildman–Crippen LogP) is -2.21. The van der Waals surface area contributed by atoms with E-state index in [4.69, 9.17) is 17.2 Å². The number of primary amides is 1. The van der Waals surface area contributed by atoms with Gasteiger partial charge in [-0.3, -0.25) is 95.9 Å². The van der Waals surface area contributed by atoms with Gasteiger partial charge < -0.3 is 130 Å². The lowest BCUT2D eigenvalue weighted by Crippen LogP contribution is -2.61. The van der Waals surface area contributed by atoms with Crippen LogP contribution in [0.25, 0.3) is 21.8 Å². The lowest BCUT2D eigenvalue weighted by molar-refractivity contribution is -0.149. The van der Waals surface area contributed by atoms with Crippen molar-refractivity contribution in [1.29, 1.82) is 0 Å². The number of rotatable bonds is 22. The zero-order valence-electron chi connectivity index (χ0n) is 77.8. The number of aliphatic hydroxyl groups excluding tert-OH is 1. The normalized spacial score (nSPS) is 25.6. The third kappa shape index (κ3) is 30.8. The number of carboxylic acid groups (broad SMARTS) is 4. The molecule has 5 aromatic rings. The largest absolute Gasteiger partial charge is 0.508 e. The van der Waals surface area contributed by atoms with E-state index in [1.54, 1.807) is 54.7 Å². The topological polar surface area (TPSA) is 686 Å². The van der Waals surface area contributed by atoms with Gasteiger partial charge in [0.2, 0.25) is 88.6 Å². The number of aromatic hydroxyl groups is 1. The van der Waals surface area contributed by atoms with Crippen LogP contribution in [-0.2, 0) is 122 Å². The van der Waals surface area contributed by atoms with Gasteiger partial charge in [-0.05, 0) is 131 Å². The van der Waals surface area contributed by atoms with E-state index < -0.39 is 298 Å². The van der Waals surface area contributed by atoms with Crippen LogP contribution < -0.4 is 65.1 Å². The van der Waals surface area contributed by atoms with E-state index in [9.17, 15) is 93.0 Å². The van der Waals surface area contributed by atoms with Gasteiger partial charge in [-0.15, -0.1) is 11.8 Å². The number of nitrogens with zero attached hydrogens (tertiary/aromatic N) is 6. The van der Waals surface area contributed by atoms with Crippen molar-refractivity contribution in [2.75, 3.05) is 65.4 Å². The van der Waals surface area contributed by atoms with Crippen molar-refractivity contribution in [2.24, 2.45) is 23.1 Å². The predicted molar refractivity (Wildman–Crippen MR) is 501 cm³/mol. The Hall–Kier alpha value is -13.9. The fraction of sp³-hybridized carbons (Fsp3) is 0.527. The van der Waals surface area contributed by atoms with E-state index in [1.807, 2.05) is 12.2 Å². The van der Waals surface area contributed by atoms with E-state index >= 15 is 33.6 Å². The van der Waals surface area contributed by atoms with Crippen molar-refractivity contribution in [2.45, 2.75) is 239 Å². The van der Waals surface area contributed by atoms with Crippen LogP contribution >= 0.6 is 11.8 Å². The number of amides is 15. The second kappa shape index (κ2) is 52.0. The van der Waals surface area contributed by atoms with Crippen LogP contribution in [-0.4, -0.2) is 333 Å². The highest BCUT2D eigenvalue weighted by Crippen LogP contribution is 2.31. The van der Waals surface area contributed by atoms with Gasteiger partial charge in [-0.1, -0.05) is 79.9 Å². The molecule has 139 heavy (non-hydrogen) atoms. The Bertz CT molecular complexity index is 5360. The van der Waals surface area contributed by atoms with Gasteiger partial charge in [0.15, 0.2) is 5.78 Å². The summed E-state index contributed by atoms with van der Waals surface area (Å²) in [6, 6.07) is -3.02. The van der Waals surface area contributed by atoms with Crippen LogP contribution in [0.15, 0.2) is 97.3 Å². The van der Waals surface area contributed by atoms with Crippen LogP contribution in [0.1, 0.15) is 146 Å². The molecule has 0 saturated carbocycles. The minimum atomic E-state index is -1.96. The molecule has 0 radical (unpaired) electrons. The second-order valence-electron chi connectivity index (χ2n) is 35.3. The van der Waals surface area contributed by atoms with Gasteiger partial charge in [0.1, 0.15) is 84.8 Å². The number of allylic oxidation sites excluding steroid dienone is 2. The van der Waals surface area contributed by atoms with Crippen LogP contribution in [0.5, 0.6) is 5.75 Å². The minimum Gasteiger partial charge on any atom is -0.508 e. The number of fused-ring (bicyclic) bond motifs is 7. The van der Waals surface area contributed by atoms with E-state index in [2.05, 4.69) is 52.8 Å². The number of para-hydroxylation sites is 2. The number of benzene rings is 3. The molecular weight excluding hydrogens is 1830 g/mol. The van der Waals surface area contributed by atoms with Gasteiger partial charge in [0.05, 0.1) is 30.9 Å². The smallest absolute Gasteiger partial charge is 0.323 e. The van der Waals surface area contributed by atoms with Crippen molar-refractivity contribution < 1.29 is 127 Å². The standard InChI is InChI=1S/C93H125N19O26S/c1-51-81(126)103-66(42-79(122)123)92(137)111-36-18-25-71(111)88(133)105-67(43-95)86(131)102-63(31-33-78(120)121)91(136)112-47-57(114)41-73(112)74(115)40-53(38-54-44-97-60-21-16-14-19-58(54)60)82(127)100-62(34-35-94)85(130)104-65(39-55-46-110(48-80(124)125)69-22-17-15-20-59(55)69)90(135)109(4)72-24-13-11-9-7-5-6-8-10-12-23-70(108(3)93(72)138)87(132)101-61(30-32-77(118)119)84(129)106-68(83(128)98-45-75(96)116)49-139-50-76(117)99-64(89(134)107(51)2)37-52-26-28-56(113)29-27-52/h5-6,14-17,19-22,26-29,44,46,51,53,57,61-68,70-73,97,113-114H,7-13,18,23-25,30-43,45,47-50,94-95H2,1-4H3,(H2,96,116)(H,98,128)(H,99,117)(H,100,127)(H,101,132)(H,102,131)(H,103,126)(H,104,130)(H,105,133)(H,106,129)(H,118,119)(H,120,121)(H,122,123)(H,124,125)/b6-5-/t51-,53+,57+,61-,62-,63-,64-,65-,66-,67-,68-,70-,71-,72?,73-/m0/s1. The van der Waals surface area contributed by atoms with E-state index in [1.165, 1.54) is 56.0 Å². The number of carbonyl (C=O) groups excluding carboxylic acids is 16. The van der Waals surface area contributed by atoms with E-state index in [0.29, 0.717) is 82.4 Å². The number of carbonyl (C=O) groups is 20.